The summed E-state index contributed by atoms with van der Waals surface area (Å²) < 4.78 is 5.27. The molecule has 2 amide bonds. The predicted molar refractivity (Wildman–Crippen MR) is 87.0 cm³/mol. The van der Waals surface area contributed by atoms with Crippen molar-refractivity contribution in [2.24, 2.45) is 5.92 Å². The van der Waals surface area contributed by atoms with E-state index in [4.69, 9.17) is 4.74 Å². The fourth-order valence-corrected chi connectivity index (χ4v) is 2.68. The number of rotatable bonds is 5. The van der Waals surface area contributed by atoms with Crippen LogP contribution in [0.5, 0.6) is 5.75 Å². The molecular weight excluding hydrogens is 280 g/mol. The molecular formula is C17H22N2O3. The van der Waals surface area contributed by atoms with Gasteiger partial charge in [-0.2, -0.15) is 0 Å². The molecule has 1 fully saturated rings. The molecule has 1 aliphatic carbocycles. The van der Waals surface area contributed by atoms with E-state index in [9.17, 15) is 9.59 Å². The van der Waals surface area contributed by atoms with Gasteiger partial charge in [-0.3, -0.25) is 9.59 Å². The van der Waals surface area contributed by atoms with Crippen molar-refractivity contribution in [2.45, 2.75) is 32.1 Å². The van der Waals surface area contributed by atoms with E-state index in [1.807, 2.05) is 0 Å². The molecule has 0 bridgehead atoms. The first-order valence-electron chi connectivity index (χ1n) is 7.56. The molecule has 0 aromatic heterocycles. The highest BCUT2D eigenvalue weighted by Crippen LogP contribution is 2.30. The number of nitrogens with one attached hydrogen (secondary N) is 2. The Morgan fingerprint density at radius 1 is 1.23 bits per heavy atom. The van der Waals surface area contributed by atoms with Gasteiger partial charge < -0.3 is 15.4 Å². The second kappa shape index (κ2) is 7.64. The maximum Gasteiger partial charge on any atom is 0.247 e. The normalized spacial score (nSPS) is 15.0. The second-order valence-corrected chi connectivity index (χ2v) is 5.43. The van der Waals surface area contributed by atoms with E-state index in [0.717, 1.165) is 25.7 Å². The van der Waals surface area contributed by atoms with Crippen LogP contribution in [0.2, 0.25) is 0 Å². The monoisotopic (exact) mass is 302 g/mol. The van der Waals surface area contributed by atoms with Gasteiger partial charge in [-0.05, 0) is 37.1 Å². The fraction of sp³-hybridized carbons (Fsp3) is 0.412. The molecule has 2 N–H and O–H groups in total. The number of amides is 2. The molecule has 0 saturated heterocycles. The lowest BCUT2D eigenvalue weighted by Gasteiger charge is -2.21. The molecule has 1 aromatic rings. The van der Waals surface area contributed by atoms with Crippen LogP contribution in [-0.2, 0) is 9.59 Å². The summed E-state index contributed by atoms with van der Waals surface area (Å²) in [5.41, 5.74) is 1.16. The Hall–Kier alpha value is -2.30. The topological polar surface area (TPSA) is 67.4 Å². The van der Waals surface area contributed by atoms with Crippen molar-refractivity contribution in [1.29, 1.82) is 0 Å². The van der Waals surface area contributed by atoms with Gasteiger partial charge in [0.2, 0.25) is 11.8 Å². The molecule has 0 radical (unpaired) electrons. The van der Waals surface area contributed by atoms with Crippen LogP contribution in [0.15, 0.2) is 30.9 Å². The molecule has 0 unspecified atom stereocenters. The molecule has 0 spiro atoms. The summed E-state index contributed by atoms with van der Waals surface area (Å²) in [6.07, 6.45) is 6.47. The number of anilines is 2. The molecule has 118 valence electrons. The molecule has 0 aliphatic heterocycles. The van der Waals surface area contributed by atoms with E-state index in [1.54, 1.807) is 25.3 Å². The summed E-state index contributed by atoms with van der Waals surface area (Å²) in [7, 11) is 1.55. The first-order chi connectivity index (χ1) is 10.6. The molecule has 0 atom stereocenters. The van der Waals surface area contributed by atoms with E-state index in [2.05, 4.69) is 17.2 Å². The van der Waals surface area contributed by atoms with Crippen LogP contribution < -0.4 is 15.4 Å². The van der Waals surface area contributed by atoms with Gasteiger partial charge in [0, 0.05) is 11.6 Å². The van der Waals surface area contributed by atoms with Gasteiger partial charge in [0.25, 0.3) is 0 Å². The van der Waals surface area contributed by atoms with Crippen LogP contribution in [0.4, 0.5) is 11.4 Å². The Bertz CT molecular complexity index is 563. The van der Waals surface area contributed by atoms with Crippen molar-refractivity contribution in [3.8, 4) is 5.75 Å². The largest absolute Gasteiger partial charge is 0.495 e. The number of ether oxygens (including phenoxy) is 1. The van der Waals surface area contributed by atoms with Gasteiger partial charge in [-0.1, -0.05) is 25.8 Å². The Morgan fingerprint density at radius 2 is 1.95 bits per heavy atom. The highest BCUT2D eigenvalue weighted by atomic mass is 16.5. The number of hydrogen-bond acceptors (Lipinski definition) is 3. The van der Waals surface area contributed by atoms with Crippen LogP contribution in [0.25, 0.3) is 0 Å². The first kappa shape index (κ1) is 16.1. The number of hydrogen-bond donors (Lipinski definition) is 2. The van der Waals surface area contributed by atoms with E-state index in [-0.39, 0.29) is 17.7 Å². The number of benzene rings is 1. The lowest BCUT2D eigenvalue weighted by Crippen LogP contribution is -2.25. The van der Waals surface area contributed by atoms with Crippen molar-refractivity contribution < 1.29 is 14.3 Å². The maximum atomic E-state index is 12.4. The van der Waals surface area contributed by atoms with Crippen molar-refractivity contribution in [3.63, 3.8) is 0 Å². The lowest BCUT2D eigenvalue weighted by molar-refractivity contribution is -0.120. The van der Waals surface area contributed by atoms with Crippen molar-refractivity contribution in [3.05, 3.63) is 30.9 Å². The standard InChI is InChI=1S/C17H22N2O3/c1-3-16(20)18-13-9-10-15(22-2)14(11-13)19-17(21)12-7-5-4-6-8-12/h3,9-12H,1,4-8H2,2H3,(H,18,20)(H,19,21). The van der Waals surface area contributed by atoms with Crippen molar-refractivity contribution in [2.75, 3.05) is 17.7 Å². The maximum absolute atomic E-state index is 12.4. The summed E-state index contributed by atoms with van der Waals surface area (Å²) in [6.45, 7) is 3.42. The average molecular weight is 302 g/mol. The summed E-state index contributed by atoms with van der Waals surface area (Å²) in [5.74, 6) is 0.352. The number of methoxy groups -OCH3 is 1. The minimum atomic E-state index is -0.297. The van der Waals surface area contributed by atoms with Crippen molar-refractivity contribution in [1.82, 2.24) is 0 Å². The minimum Gasteiger partial charge on any atom is -0.495 e. The fourth-order valence-electron chi connectivity index (χ4n) is 2.68. The molecule has 5 nitrogen and oxygen atoms in total. The Labute approximate surface area is 130 Å². The average Bonchev–Trinajstić information content (AvgIpc) is 2.55. The zero-order chi connectivity index (χ0) is 15.9. The third-order valence-electron chi connectivity index (χ3n) is 3.89. The Kier molecular flexibility index (Phi) is 5.58. The first-order valence-corrected chi connectivity index (χ1v) is 7.56. The SMILES string of the molecule is C=CC(=O)Nc1ccc(OC)c(NC(=O)C2CCCCC2)c1. The van der Waals surface area contributed by atoms with Gasteiger partial charge in [0.1, 0.15) is 5.75 Å². The smallest absolute Gasteiger partial charge is 0.247 e. The third kappa shape index (κ3) is 4.10. The molecule has 1 aliphatic rings. The molecule has 5 heteroatoms. The van der Waals surface area contributed by atoms with Crippen LogP contribution in [0, 0.1) is 5.92 Å². The van der Waals surface area contributed by atoms with Crippen LogP contribution in [0.3, 0.4) is 0 Å². The van der Waals surface area contributed by atoms with Gasteiger partial charge in [-0.25, -0.2) is 0 Å². The predicted octanol–water partition coefficient (Wildman–Crippen LogP) is 3.34. The minimum absolute atomic E-state index is 0.0187. The quantitative estimate of drug-likeness (QED) is 0.820. The van der Waals surface area contributed by atoms with Gasteiger partial charge in [0.15, 0.2) is 0 Å². The van der Waals surface area contributed by atoms with E-state index in [0.29, 0.717) is 17.1 Å². The zero-order valence-electron chi connectivity index (χ0n) is 12.9. The van der Waals surface area contributed by atoms with Gasteiger partial charge in [-0.15, -0.1) is 0 Å². The second-order valence-electron chi connectivity index (χ2n) is 5.43. The highest BCUT2D eigenvalue weighted by molar-refractivity contribution is 6.00. The third-order valence-corrected chi connectivity index (χ3v) is 3.89. The molecule has 2 rings (SSSR count). The van der Waals surface area contributed by atoms with Gasteiger partial charge in [0.05, 0.1) is 12.8 Å². The van der Waals surface area contributed by atoms with Crippen LogP contribution >= 0.6 is 0 Å². The van der Waals surface area contributed by atoms with E-state index < -0.39 is 0 Å². The molecule has 0 heterocycles. The van der Waals surface area contributed by atoms with E-state index >= 15 is 0 Å². The summed E-state index contributed by atoms with van der Waals surface area (Å²) in [6, 6.07) is 5.13. The Balaban J connectivity index is 2.12. The number of carbonyl (C=O) groups is 2. The molecule has 1 saturated carbocycles. The summed E-state index contributed by atoms with van der Waals surface area (Å²) in [4.78, 5) is 23.7. The summed E-state index contributed by atoms with van der Waals surface area (Å²) in [5, 5.41) is 5.59. The van der Waals surface area contributed by atoms with E-state index in [1.165, 1.54) is 12.5 Å². The molecule has 1 aromatic carbocycles. The highest BCUT2D eigenvalue weighted by Gasteiger charge is 2.22. The number of carbonyl (C=O) groups excluding carboxylic acids is 2. The zero-order valence-corrected chi connectivity index (χ0v) is 12.9. The molecule has 22 heavy (non-hydrogen) atoms. The van der Waals surface area contributed by atoms with Crippen LogP contribution in [0.1, 0.15) is 32.1 Å². The summed E-state index contributed by atoms with van der Waals surface area (Å²) >= 11 is 0. The van der Waals surface area contributed by atoms with Crippen LogP contribution in [-0.4, -0.2) is 18.9 Å². The lowest BCUT2D eigenvalue weighted by atomic mass is 9.88. The Morgan fingerprint density at radius 3 is 2.59 bits per heavy atom. The van der Waals surface area contributed by atoms with Gasteiger partial charge >= 0.3 is 0 Å². The van der Waals surface area contributed by atoms with Crippen molar-refractivity contribution >= 4 is 23.2 Å².